The molecule has 7 nitrogen and oxygen atoms in total. The Morgan fingerprint density at radius 1 is 0.935 bits per heavy atom. The van der Waals surface area contributed by atoms with E-state index in [1.54, 1.807) is 12.1 Å². The van der Waals surface area contributed by atoms with E-state index in [9.17, 15) is 14.4 Å². The zero-order valence-electron chi connectivity index (χ0n) is 17.2. The third kappa shape index (κ3) is 6.70. The van der Waals surface area contributed by atoms with Crippen molar-refractivity contribution in [3.63, 3.8) is 0 Å². The van der Waals surface area contributed by atoms with Crippen LogP contribution in [0, 0.1) is 0 Å². The summed E-state index contributed by atoms with van der Waals surface area (Å²) in [6, 6.07) is 17.7. The van der Waals surface area contributed by atoms with Crippen molar-refractivity contribution in [3.05, 3.63) is 72.0 Å². The van der Waals surface area contributed by atoms with Crippen LogP contribution in [-0.2, 0) is 16.0 Å². The number of benzene rings is 2. The number of para-hydroxylation sites is 1. The quantitative estimate of drug-likeness (QED) is 0.410. The number of amides is 2. The summed E-state index contributed by atoms with van der Waals surface area (Å²) in [7, 11) is 0. The molecule has 7 heteroatoms. The molecule has 0 saturated heterocycles. The maximum Gasteiger partial charge on any atom is 0.303 e. The number of carbonyl (C=O) groups excluding carboxylic acids is 2. The standard InChI is InChI=1S/C24H26N2O5/c27-22(28)13-5-2-8-14-25-23(29)19(15-17-9-3-1-4-10-17)26-24(30)21-16-18-11-6-7-12-20(18)31-21/h1,3-4,6-7,9-12,16,19H,2,5,8,13-15H2,(H,25,29)(H,26,30)(H,27,28). The summed E-state index contributed by atoms with van der Waals surface area (Å²) in [5, 5.41) is 15.1. The number of carboxylic acid groups (broad SMARTS) is 1. The summed E-state index contributed by atoms with van der Waals surface area (Å²) < 4.78 is 5.61. The van der Waals surface area contributed by atoms with Crippen LogP contribution in [0.1, 0.15) is 41.8 Å². The van der Waals surface area contributed by atoms with Crippen molar-refractivity contribution >= 4 is 28.8 Å². The number of hydrogen-bond donors (Lipinski definition) is 3. The van der Waals surface area contributed by atoms with E-state index in [-0.39, 0.29) is 18.1 Å². The molecule has 2 amide bonds. The molecule has 0 radical (unpaired) electrons. The molecule has 0 bridgehead atoms. The first-order valence-electron chi connectivity index (χ1n) is 10.4. The van der Waals surface area contributed by atoms with E-state index in [0.29, 0.717) is 37.8 Å². The van der Waals surface area contributed by atoms with Crippen LogP contribution in [0.25, 0.3) is 11.0 Å². The molecule has 1 unspecified atom stereocenters. The number of carbonyl (C=O) groups is 3. The lowest BCUT2D eigenvalue weighted by molar-refractivity contribution is -0.137. The number of fused-ring (bicyclic) bond motifs is 1. The number of carboxylic acids is 1. The number of nitrogens with one attached hydrogen (secondary N) is 2. The Morgan fingerprint density at radius 2 is 1.68 bits per heavy atom. The lowest BCUT2D eigenvalue weighted by atomic mass is 10.0. The van der Waals surface area contributed by atoms with Crippen molar-refractivity contribution < 1.29 is 23.9 Å². The van der Waals surface area contributed by atoms with Crippen molar-refractivity contribution in [2.24, 2.45) is 0 Å². The Balaban J connectivity index is 1.62. The highest BCUT2D eigenvalue weighted by Crippen LogP contribution is 2.19. The monoisotopic (exact) mass is 422 g/mol. The van der Waals surface area contributed by atoms with Gasteiger partial charge in [-0.25, -0.2) is 0 Å². The molecule has 1 atom stereocenters. The summed E-state index contributed by atoms with van der Waals surface area (Å²) in [6.07, 6.45) is 2.42. The number of aliphatic carboxylic acids is 1. The molecule has 0 spiro atoms. The highest BCUT2D eigenvalue weighted by atomic mass is 16.4. The molecule has 162 valence electrons. The predicted octanol–water partition coefficient (Wildman–Crippen LogP) is 3.54. The maximum atomic E-state index is 12.8. The van der Waals surface area contributed by atoms with E-state index < -0.39 is 17.9 Å². The molecule has 3 aromatic rings. The Kier molecular flexibility index (Phi) is 7.81. The van der Waals surface area contributed by atoms with Gasteiger partial charge in [0.15, 0.2) is 5.76 Å². The minimum Gasteiger partial charge on any atom is -0.481 e. The van der Waals surface area contributed by atoms with Crippen molar-refractivity contribution in [2.45, 2.75) is 38.1 Å². The molecule has 1 heterocycles. The first-order chi connectivity index (χ1) is 15.0. The van der Waals surface area contributed by atoms with E-state index in [2.05, 4.69) is 10.6 Å². The first kappa shape index (κ1) is 22.1. The molecule has 3 N–H and O–H groups in total. The van der Waals surface area contributed by atoms with Crippen LogP contribution in [0.3, 0.4) is 0 Å². The van der Waals surface area contributed by atoms with Crippen LogP contribution in [0.15, 0.2) is 65.1 Å². The summed E-state index contributed by atoms with van der Waals surface area (Å²) in [5.41, 5.74) is 1.53. The molecule has 0 aliphatic rings. The molecule has 2 aromatic carbocycles. The van der Waals surface area contributed by atoms with Crippen molar-refractivity contribution in [1.82, 2.24) is 10.6 Å². The fourth-order valence-electron chi connectivity index (χ4n) is 3.30. The molecule has 1 aromatic heterocycles. The third-order valence-electron chi connectivity index (χ3n) is 4.92. The normalized spacial score (nSPS) is 11.7. The van der Waals surface area contributed by atoms with Crippen LogP contribution in [-0.4, -0.2) is 35.5 Å². The highest BCUT2D eigenvalue weighted by molar-refractivity contribution is 5.98. The number of furan rings is 1. The Morgan fingerprint density at radius 3 is 2.42 bits per heavy atom. The van der Waals surface area contributed by atoms with Crippen molar-refractivity contribution in [2.75, 3.05) is 6.54 Å². The average Bonchev–Trinajstić information content (AvgIpc) is 3.20. The van der Waals surface area contributed by atoms with Gasteiger partial charge in [-0.15, -0.1) is 0 Å². The maximum absolute atomic E-state index is 12.8. The summed E-state index contributed by atoms with van der Waals surface area (Å²) in [4.78, 5) is 36.1. The van der Waals surface area contributed by atoms with Gasteiger partial charge in [0.1, 0.15) is 11.6 Å². The van der Waals surface area contributed by atoms with Crippen LogP contribution in [0.2, 0.25) is 0 Å². The summed E-state index contributed by atoms with van der Waals surface area (Å²) >= 11 is 0. The zero-order chi connectivity index (χ0) is 22.1. The van der Waals surface area contributed by atoms with E-state index in [1.807, 2.05) is 48.5 Å². The second-order valence-corrected chi connectivity index (χ2v) is 7.36. The topological polar surface area (TPSA) is 109 Å². The van der Waals surface area contributed by atoms with Gasteiger partial charge in [0, 0.05) is 24.8 Å². The molecular weight excluding hydrogens is 396 g/mol. The minimum absolute atomic E-state index is 0.123. The van der Waals surface area contributed by atoms with E-state index in [0.717, 1.165) is 10.9 Å². The van der Waals surface area contributed by atoms with Crippen LogP contribution in [0.5, 0.6) is 0 Å². The molecule has 0 aliphatic carbocycles. The predicted molar refractivity (Wildman–Crippen MR) is 117 cm³/mol. The number of hydrogen-bond acceptors (Lipinski definition) is 4. The van der Waals surface area contributed by atoms with Gasteiger partial charge in [0.05, 0.1) is 0 Å². The van der Waals surface area contributed by atoms with Crippen molar-refractivity contribution in [3.8, 4) is 0 Å². The fraction of sp³-hybridized carbons (Fsp3) is 0.292. The molecule has 0 fully saturated rings. The lowest BCUT2D eigenvalue weighted by Crippen LogP contribution is -2.48. The van der Waals surface area contributed by atoms with E-state index in [1.165, 1.54) is 0 Å². The van der Waals surface area contributed by atoms with Gasteiger partial charge in [-0.3, -0.25) is 14.4 Å². The third-order valence-corrected chi connectivity index (χ3v) is 4.92. The fourth-order valence-corrected chi connectivity index (χ4v) is 3.30. The lowest BCUT2D eigenvalue weighted by Gasteiger charge is -2.18. The van der Waals surface area contributed by atoms with Gasteiger partial charge in [-0.1, -0.05) is 55.0 Å². The molecular formula is C24H26N2O5. The first-order valence-corrected chi connectivity index (χ1v) is 10.4. The Hall–Kier alpha value is -3.61. The molecule has 0 aliphatic heterocycles. The van der Waals surface area contributed by atoms with Gasteiger partial charge >= 0.3 is 5.97 Å². The van der Waals surface area contributed by atoms with Crippen LogP contribution in [0.4, 0.5) is 0 Å². The van der Waals surface area contributed by atoms with E-state index in [4.69, 9.17) is 9.52 Å². The largest absolute Gasteiger partial charge is 0.481 e. The molecule has 3 rings (SSSR count). The second kappa shape index (κ2) is 11.0. The van der Waals surface area contributed by atoms with Crippen LogP contribution >= 0.6 is 0 Å². The highest BCUT2D eigenvalue weighted by Gasteiger charge is 2.23. The Bertz CT molecular complexity index is 996. The van der Waals surface area contributed by atoms with E-state index >= 15 is 0 Å². The second-order valence-electron chi connectivity index (χ2n) is 7.36. The van der Waals surface area contributed by atoms with Gasteiger partial charge in [0.25, 0.3) is 5.91 Å². The van der Waals surface area contributed by atoms with Crippen LogP contribution < -0.4 is 10.6 Å². The SMILES string of the molecule is O=C(O)CCCCCNC(=O)C(Cc1ccccc1)NC(=O)c1cc2ccccc2o1. The zero-order valence-corrected chi connectivity index (χ0v) is 17.2. The smallest absolute Gasteiger partial charge is 0.303 e. The van der Waals surface area contributed by atoms with Gasteiger partial charge in [0.2, 0.25) is 5.91 Å². The summed E-state index contributed by atoms with van der Waals surface area (Å²) in [6.45, 7) is 0.421. The molecule has 31 heavy (non-hydrogen) atoms. The van der Waals surface area contributed by atoms with Gasteiger partial charge in [-0.05, 0) is 30.5 Å². The number of unbranched alkanes of at least 4 members (excludes halogenated alkanes) is 2. The minimum atomic E-state index is -0.819. The van der Waals surface area contributed by atoms with Gasteiger partial charge < -0.3 is 20.2 Å². The summed E-state index contributed by atoms with van der Waals surface area (Å²) in [5.74, 6) is -1.40. The average molecular weight is 422 g/mol. The number of rotatable bonds is 11. The molecule has 0 saturated carbocycles. The Labute approximate surface area is 180 Å². The van der Waals surface area contributed by atoms with Gasteiger partial charge in [-0.2, -0.15) is 0 Å². The van der Waals surface area contributed by atoms with Crippen molar-refractivity contribution in [1.29, 1.82) is 0 Å².